The van der Waals surface area contributed by atoms with Crippen LogP contribution in [0.1, 0.15) is 20.8 Å². The molecule has 1 aromatic heterocycles. The molecule has 110 valence electrons. The number of rotatable bonds is 3. The van der Waals surface area contributed by atoms with Crippen molar-refractivity contribution in [2.24, 2.45) is 5.10 Å². The third-order valence-corrected chi connectivity index (χ3v) is 4.35. The molecule has 0 bridgehead atoms. The minimum absolute atomic E-state index is 0.189. The highest BCUT2D eigenvalue weighted by atomic mass is 32.1. The highest BCUT2D eigenvalue weighted by molar-refractivity contribution is 7.21. The maximum Gasteiger partial charge on any atom is 0.271 e. The maximum atomic E-state index is 11.9. The third-order valence-electron chi connectivity index (χ3n) is 3.26. The highest BCUT2D eigenvalue weighted by Crippen LogP contribution is 2.35. The maximum absolute atomic E-state index is 11.9. The van der Waals surface area contributed by atoms with Crippen molar-refractivity contribution in [3.05, 3.63) is 64.5 Å². The van der Waals surface area contributed by atoms with Gasteiger partial charge in [-0.25, -0.2) is 5.43 Å². The zero-order valence-electron chi connectivity index (χ0n) is 11.9. The van der Waals surface area contributed by atoms with Gasteiger partial charge in [0.15, 0.2) is 0 Å². The van der Waals surface area contributed by atoms with E-state index in [1.54, 1.807) is 12.1 Å². The fourth-order valence-electron chi connectivity index (χ4n) is 2.06. The topological polar surface area (TPSA) is 61.7 Å². The molecular formula is C17H14N2O2S. The number of carbonyl (C=O) groups is 1. The largest absolute Gasteiger partial charge is 0.506 e. The number of thiophene rings is 1. The summed E-state index contributed by atoms with van der Waals surface area (Å²) in [4.78, 5) is 12.5. The summed E-state index contributed by atoms with van der Waals surface area (Å²) in [5.74, 6) is -0.0919. The van der Waals surface area contributed by atoms with Crippen molar-refractivity contribution >= 4 is 33.5 Å². The van der Waals surface area contributed by atoms with Crippen molar-refractivity contribution in [1.29, 1.82) is 0 Å². The summed E-state index contributed by atoms with van der Waals surface area (Å²) >= 11 is 1.42. The van der Waals surface area contributed by atoms with Crippen LogP contribution in [-0.4, -0.2) is 17.2 Å². The number of nitrogens with zero attached hydrogens (tertiary/aromatic N) is 1. The minimum atomic E-state index is -0.281. The predicted molar refractivity (Wildman–Crippen MR) is 89.7 cm³/mol. The van der Waals surface area contributed by atoms with Crippen LogP contribution in [0.4, 0.5) is 0 Å². The summed E-state index contributed by atoms with van der Waals surface area (Å²) in [7, 11) is 0. The van der Waals surface area contributed by atoms with Gasteiger partial charge in [-0.1, -0.05) is 29.8 Å². The molecule has 22 heavy (non-hydrogen) atoms. The summed E-state index contributed by atoms with van der Waals surface area (Å²) in [6.45, 7) is 1.96. The molecule has 2 N–H and O–H groups in total. The number of aryl methyl sites for hydroxylation is 1. The lowest BCUT2D eigenvalue weighted by Gasteiger charge is -1.99. The van der Waals surface area contributed by atoms with Crippen LogP contribution >= 0.6 is 11.3 Å². The van der Waals surface area contributed by atoms with E-state index in [4.69, 9.17) is 0 Å². The Morgan fingerprint density at radius 1 is 1.18 bits per heavy atom. The molecule has 3 rings (SSSR count). The van der Waals surface area contributed by atoms with E-state index in [0.29, 0.717) is 10.4 Å². The Kier molecular flexibility index (Phi) is 3.89. The second-order valence-corrected chi connectivity index (χ2v) is 5.96. The lowest BCUT2D eigenvalue weighted by molar-refractivity contribution is 0.0955. The van der Waals surface area contributed by atoms with Crippen LogP contribution < -0.4 is 5.43 Å². The number of hydrogen-bond acceptors (Lipinski definition) is 4. The van der Waals surface area contributed by atoms with E-state index >= 15 is 0 Å². The van der Waals surface area contributed by atoms with Gasteiger partial charge in [-0.05, 0) is 31.2 Å². The van der Waals surface area contributed by atoms with Crippen molar-refractivity contribution in [1.82, 2.24) is 5.43 Å². The Bertz CT molecular complexity index is 851. The smallest absolute Gasteiger partial charge is 0.271 e. The molecule has 0 saturated heterocycles. The van der Waals surface area contributed by atoms with Gasteiger partial charge in [0.1, 0.15) is 5.75 Å². The summed E-state index contributed by atoms with van der Waals surface area (Å²) in [5.41, 5.74) is 4.10. The summed E-state index contributed by atoms with van der Waals surface area (Å²) in [5, 5.41) is 14.8. The number of aromatic hydroxyl groups is 1. The first kappa shape index (κ1) is 14.3. The molecule has 3 aromatic rings. The molecule has 0 spiro atoms. The Morgan fingerprint density at radius 2 is 1.91 bits per heavy atom. The molecule has 0 fully saturated rings. The number of fused-ring (bicyclic) bond motifs is 1. The zero-order chi connectivity index (χ0) is 15.5. The van der Waals surface area contributed by atoms with Crippen LogP contribution in [0, 0.1) is 6.92 Å². The Labute approximate surface area is 131 Å². The van der Waals surface area contributed by atoms with Gasteiger partial charge >= 0.3 is 0 Å². The molecule has 0 aliphatic rings. The molecule has 2 aromatic carbocycles. The van der Waals surface area contributed by atoms with Gasteiger partial charge in [0.2, 0.25) is 0 Å². The van der Waals surface area contributed by atoms with Crippen LogP contribution in [0.3, 0.4) is 0 Å². The van der Waals surface area contributed by atoms with Crippen molar-refractivity contribution in [2.75, 3.05) is 0 Å². The number of hydrogen-bond donors (Lipinski definition) is 2. The fourth-order valence-corrected chi connectivity index (χ4v) is 3.03. The summed E-state index contributed by atoms with van der Waals surface area (Å²) in [6, 6.07) is 14.8. The molecule has 5 heteroatoms. The second kappa shape index (κ2) is 5.99. The van der Waals surface area contributed by atoms with E-state index in [2.05, 4.69) is 10.5 Å². The number of hydrazone groups is 1. The van der Waals surface area contributed by atoms with E-state index in [1.165, 1.54) is 17.6 Å². The Hall–Kier alpha value is -2.66. The minimum Gasteiger partial charge on any atom is -0.506 e. The molecule has 0 aliphatic carbocycles. The van der Waals surface area contributed by atoms with Crippen LogP contribution in [0.2, 0.25) is 0 Å². The SMILES string of the molecule is Cc1ccc(C(=O)N/N=C\c2sc3ccccc3c2O)cc1. The molecule has 0 aliphatic heterocycles. The van der Waals surface area contributed by atoms with Gasteiger partial charge in [-0.2, -0.15) is 5.10 Å². The molecule has 4 nitrogen and oxygen atoms in total. The van der Waals surface area contributed by atoms with E-state index in [9.17, 15) is 9.90 Å². The van der Waals surface area contributed by atoms with Crippen molar-refractivity contribution in [2.45, 2.75) is 6.92 Å². The monoisotopic (exact) mass is 310 g/mol. The fraction of sp³-hybridized carbons (Fsp3) is 0.0588. The predicted octanol–water partition coefficient (Wildman–Crippen LogP) is 3.68. The molecule has 0 atom stereocenters. The van der Waals surface area contributed by atoms with Crippen LogP contribution in [0.5, 0.6) is 5.75 Å². The molecule has 0 unspecified atom stereocenters. The summed E-state index contributed by atoms with van der Waals surface area (Å²) in [6.07, 6.45) is 1.46. The van der Waals surface area contributed by atoms with Gasteiger partial charge < -0.3 is 5.11 Å². The molecule has 1 heterocycles. The van der Waals surface area contributed by atoms with Crippen molar-refractivity contribution in [3.63, 3.8) is 0 Å². The number of carbonyl (C=O) groups excluding carboxylic acids is 1. The van der Waals surface area contributed by atoms with Gasteiger partial charge in [0.05, 0.1) is 11.1 Å². The second-order valence-electron chi connectivity index (χ2n) is 4.88. The molecule has 0 saturated carbocycles. The average molecular weight is 310 g/mol. The average Bonchev–Trinajstić information content (AvgIpc) is 2.85. The first-order chi connectivity index (χ1) is 10.6. The lowest BCUT2D eigenvalue weighted by atomic mass is 10.1. The van der Waals surface area contributed by atoms with E-state index < -0.39 is 0 Å². The zero-order valence-corrected chi connectivity index (χ0v) is 12.7. The van der Waals surface area contributed by atoms with Gasteiger partial charge in [-0.3, -0.25) is 4.79 Å². The van der Waals surface area contributed by atoms with Crippen molar-refractivity contribution in [3.8, 4) is 5.75 Å². The Morgan fingerprint density at radius 3 is 2.64 bits per heavy atom. The highest BCUT2D eigenvalue weighted by Gasteiger charge is 2.09. The van der Waals surface area contributed by atoms with E-state index in [1.807, 2.05) is 43.3 Å². The molecule has 1 amide bonds. The van der Waals surface area contributed by atoms with Gasteiger partial charge in [0, 0.05) is 15.6 Å². The Balaban J connectivity index is 1.74. The third kappa shape index (κ3) is 2.84. The van der Waals surface area contributed by atoms with E-state index in [0.717, 1.165) is 15.6 Å². The quantitative estimate of drug-likeness (QED) is 0.572. The number of amides is 1. The molecule has 0 radical (unpaired) electrons. The lowest BCUT2D eigenvalue weighted by Crippen LogP contribution is -2.17. The van der Waals surface area contributed by atoms with Crippen LogP contribution in [-0.2, 0) is 0 Å². The number of benzene rings is 2. The van der Waals surface area contributed by atoms with Crippen LogP contribution in [0.25, 0.3) is 10.1 Å². The first-order valence-electron chi connectivity index (χ1n) is 6.76. The normalized spacial score (nSPS) is 11.1. The first-order valence-corrected chi connectivity index (χ1v) is 7.57. The van der Waals surface area contributed by atoms with E-state index in [-0.39, 0.29) is 11.7 Å². The van der Waals surface area contributed by atoms with Gasteiger partial charge in [-0.15, -0.1) is 11.3 Å². The van der Waals surface area contributed by atoms with Crippen LogP contribution in [0.15, 0.2) is 53.6 Å². The molecular weight excluding hydrogens is 296 g/mol. The number of nitrogens with one attached hydrogen (secondary N) is 1. The van der Waals surface area contributed by atoms with Crippen molar-refractivity contribution < 1.29 is 9.90 Å². The van der Waals surface area contributed by atoms with Gasteiger partial charge in [0.25, 0.3) is 5.91 Å². The standard InChI is InChI=1S/C17H14N2O2S/c1-11-6-8-12(9-7-11)17(21)19-18-10-15-16(20)13-4-2-3-5-14(13)22-15/h2-10,20H,1H3,(H,19,21)/b18-10-. The summed E-state index contributed by atoms with van der Waals surface area (Å²) < 4.78 is 0.978.